The van der Waals surface area contributed by atoms with E-state index in [0.29, 0.717) is 48.4 Å². The molecule has 4 heterocycles. The van der Waals surface area contributed by atoms with Crippen LogP contribution in [0.15, 0.2) is 12.7 Å². The minimum atomic E-state index is -1.00. The molecule has 0 fully saturated rings. The molecule has 0 spiro atoms. The number of hydrogen-bond acceptors (Lipinski definition) is 10. The Morgan fingerprint density at radius 2 is 1.38 bits per heavy atom. The third kappa shape index (κ3) is 11.2. The minimum absolute atomic E-state index is 0.186. The molecule has 2 aliphatic heterocycles. The molecule has 0 saturated carbocycles. The second-order valence-corrected chi connectivity index (χ2v) is 12.5. The summed E-state index contributed by atoms with van der Waals surface area (Å²) < 4.78 is 25.8. The molecule has 2 aromatic rings. The molecule has 3 N–H and O–H groups in total. The smallest absolute Gasteiger partial charge is 0.408 e. The van der Waals surface area contributed by atoms with Crippen molar-refractivity contribution in [2.24, 2.45) is 0 Å². The molecule has 0 saturated heterocycles. The van der Waals surface area contributed by atoms with E-state index in [4.69, 9.17) is 34.0 Å². The second-order valence-electron chi connectivity index (χ2n) is 11.8. The van der Waals surface area contributed by atoms with E-state index < -0.39 is 42.6 Å². The number of carbonyl (C=O) groups excluding carboxylic acids is 4. The first kappa shape index (κ1) is 35.6. The predicted octanol–water partition coefficient (Wildman–Crippen LogP) is 4.43. The highest BCUT2D eigenvalue weighted by atomic mass is 35.5. The fraction of sp³-hybridized carbons (Fsp3) is 0.571. The molecule has 0 aromatic carbocycles. The molecule has 2 atom stereocenters. The number of anilines is 2. The highest BCUT2D eigenvalue weighted by Gasteiger charge is 2.33. The van der Waals surface area contributed by atoms with Gasteiger partial charge in [0.15, 0.2) is 10.3 Å². The van der Waals surface area contributed by atoms with Crippen LogP contribution in [0.3, 0.4) is 0 Å². The van der Waals surface area contributed by atoms with Gasteiger partial charge in [-0.3, -0.25) is 14.0 Å². The lowest BCUT2D eigenvalue weighted by Crippen LogP contribution is -2.48. The summed E-state index contributed by atoms with van der Waals surface area (Å²) in [5, 5.41) is 8.21. The van der Waals surface area contributed by atoms with E-state index in [1.54, 1.807) is 48.6 Å². The van der Waals surface area contributed by atoms with Crippen molar-refractivity contribution in [3.05, 3.63) is 34.3 Å². The van der Waals surface area contributed by atoms with Crippen molar-refractivity contribution in [1.29, 1.82) is 0 Å². The normalized spacial score (nSPS) is 18.0. The molecule has 45 heavy (non-hydrogen) atoms. The van der Waals surface area contributed by atoms with Crippen molar-refractivity contribution in [1.82, 2.24) is 30.6 Å². The van der Waals surface area contributed by atoms with E-state index in [-0.39, 0.29) is 22.1 Å². The zero-order valence-electron chi connectivity index (χ0n) is 27.2. The number of amides is 4. The van der Waals surface area contributed by atoms with Gasteiger partial charge in [0, 0.05) is 7.05 Å². The van der Waals surface area contributed by atoms with Crippen molar-refractivity contribution in [3.63, 3.8) is 0 Å². The summed E-state index contributed by atoms with van der Waals surface area (Å²) in [5.74, 6) is -0.641. The van der Waals surface area contributed by atoms with E-state index in [2.05, 4.69) is 35.9 Å². The van der Waals surface area contributed by atoms with Crippen LogP contribution in [0.1, 0.15) is 67.1 Å². The van der Waals surface area contributed by atoms with Gasteiger partial charge in [0.1, 0.15) is 47.3 Å². The van der Waals surface area contributed by atoms with Gasteiger partial charge in [-0.1, -0.05) is 23.2 Å². The number of rotatable bonds is 2. The van der Waals surface area contributed by atoms with Gasteiger partial charge >= 0.3 is 12.2 Å². The average molecular weight is 675 g/mol. The van der Waals surface area contributed by atoms with Crippen LogP contribution in [-0.2, 0) is 31.9 Å². The number of nitrogens with one attached hydrogen (secondary N) is 3. The largest absolute Gasteiger partial charge is 0.444 e. The van der Waals surface area contributed by atoms with Crippen LogP contribution in [0, 0.1) is 0 Å². The number of aryl methyl sites for hydroxylation is 2. The molecule has 0 unspecified atom stereocenters. The molecule has 4 rings (SSSR count). The maximum Gasteiger partial charge on any atom is 0.408 e. The summed E-state index contributed by atoms with van der Waals surface area (Å²) in [6.45, 7) is 10.6. The number of fused-ring (bicyclic) bond motifs is 2. The monoisotopic (exact) mass is 673 g/mol. The molecular formula is C28H39Cl2FN8O6. The predicted molar refractivity (Wildman–Crippen MR) is 166 cm³/mol. The third-order valence-electron chi connectivity index (χ3n) is 5.98. The number of halogens is 3. The summed E-state index contributed by atoms with van der Waals surface area (Å²) in [6.07, 6.45) is 3.28. The Balaban J connectivity index is 0.000000295. The number of carbonyl (C=O) groups is 4. The van der Waals surface area contributed by atoms with Crippen LogP contribution < -0.4 is 20.9 Å². The van der Waals surface area contributed by atoms with Crippen LogP contribution in [0.2, 0.25) is 10.3 Å². The van der Waals surface area contributed by atoms with Crippen LogP contribution in [0.5, 0.6) is 0 Å². The molecule has 0 bridgehead atoms. The maximum absolute atomic E-state index is 12.5. The summed E-state index contributed by atoms with van der Waals surface area (Å²) in [5.41, 5.74) is 0.978. The van der Waals surface area contributed by atoms with Crippen molar-refractivity contribution in [3.8, 4) is 0 Å². The summed E-state index contributed by atoms with van der Waals surface area (Å²) in [7, 11) is 0.589. The van der Waals surface area contributed by atoms with Gasteiger partial charge in [0.05, 0.1) is 19.9 Å². The zero-order chi connectivity index (χ0) is 34.8. The van der Waals surface area contributed by atoms with E-state index >= 15 is 0 Å². The van der Waals surface area contributed by atoms with Gasteiger partial charge in [-0.2, -0.15) is 0 Å². The lowest BCUT2D eigenvalue weighted by atomic mass is 10.1. The Bertz CT molecular complexity index is 1410. The maximum atomic E-state index is 12.5. The van der Waals surface area contributed by atoms with E-state index in [0.717, 1.165) is 0 Å². The number of aromatic nitrogens is 4. The number of alkyl carbamates (subject to hydrolysis) is 2. The first-order valence-electron chi connectivity index (χ1n) is 14.5. The highest BCUT2D eigenvalue weighted by molar-refractivity contribution is 6.33. The van der Waals surface area contributed by atoms with Crippen molar-refractivity contribution in [2.75, 3.05) is 24.4 Å². The fourth-order valence-electron chi connectivity index (χ4n) is 4.16. The topological polar surface area (TPSA) is 178 Å². The highest BCUT2D eigenvalue weighted by Crippen LogP contribution is 2.30. The molecule has 4 amide bonds. The molecule has 2 aromatic heterocycles. The molecule has 2 aliphatic rings. The van der Waals surface area contributed by atoms with Gasteiger partial charge in [0.2, 0.25) is 11.8 Å². The van der Waals surface area contributed by atoms with Crippen LogP contribution >= 0.6 is 23.2 Å². The van der Waals surface area contributed by atoms with Crippen molar-refractivity contribution < 1.29 is 34.4 Å². The lowest BCUT2D eigenvalue weighted by molar-refractivity contribution is -0.120. The Morgan fingerprint density at radius 1 is 0.911 bits per heavy atom. The Kier molecular flexibility index (Phi) is 12.6. The summed E-state index contributed by atoms with van der Waals surface area (Å²) >= 11 is 12.0. The van der Waals surface area contributed by atoms with Gasteiger partial charge < -0.3 is 30.3 Å². The van der Waals surface area contributed by atoms with E-state index in [1.807, 2.05) is 0 Å². The van der Waals surface area contributed by atoms with Crippen LogP contribution in [0.25, 0.3) is 0 Å². The van der Waals surface area contributed by atoms with Crippen molar-refractivity contribution >= 4 is 58.6 Å². The number of nitrogens with zero attached hydrogens (tertiary/aromatic N) is 5. The Labute approximate surface area is 272 Å². The first-order chi connectivity index (χ1) is 21.4. The quantitative estimate of drug-likeness (QED) is 0.386. The number of likely N-dealkylation sites (N-methyl/N-ethyl adjacent to an activating group) is 1. The summed E-state index contributed by atoms with van der Waals surface area (Å²) in [6, 6.07) is -1.39. The molecule has 0 radical (unpaired) electrons. The molecule has 14 nitrogen and oxygen atoms in total. The minimum Gasteiger partial charge on any atom is -0.444 e. The molecule has 17 heteroatoms. The SMILES string of the molecule is CC(C)(C)OC(=O)N[C@H]1CCc2ncnc(Cl)c2NC1=O.CN1C(=O)[C@@H](NC(=O)OC(C)(C)C)CCc2ncnc(Cl)c21.[2H]CF. The first-order valence-corrected chi connectivity index (χ1v) is 14.5. The Hall–Kier alpha value is -3.85. The number of alkyl halides is 1. The molecule has 248 valence electrons. The van der Waals surface area contributed by atoms with E-state index in [1.165, 1.54) is 17.6 Å². The van der Waals surface area contributed by atoms with E-state index in [9.17, 15) is 23.6 Å². The number of ether oxygens (including phenoxy) is 2. The van der Waals surface area contributed by atoms with Gasteiger partial charge in [-0.15, -0.1) is 0 Å². The number of hydrogen-bond donors (Lipinski definition) is 3. The lowest BCUT2D eigenvalue weighted by Gasteiger charge is -2.24. The van der Waals surface area contributed by atoms with Gasteiger partial charge in [-0.25, -0.2) is 29.5 Å². The molecule has 0 aliphatic carbocycles. The third-order valence-corrected chi connectivity index (χ3v) is 6.55. The average Bonchev–Trinajstić information content (AvgIpc) is 3.15. The van der Waals surface area contributed by atoms with Crippen LogP contribution in [0.4, 0.5) is 25.4 Å². The Morgan fingerprint density at radius 3 is 1.93 bits per heavy atom. The molecular weight excluding hydrogens is 634 g/mol. The van der Waals surface area contributed by atoms with Gasteiger partial charge in [0.25, 0.3) is 0 Å². The zero-order valence-corrected chi connectivity index (χ0v) is 27.7. The van der Waals surface area contributed by atoms with Crippen LogP contribution in [-0.4, -0.2) is 81.4 Å². The standard InChI is InChI=1S/C14H19ClN4O3.C13H17ClN4O3.CH3F/c1-14(2,3)22-13(21)18-9-6-5-8-10(19(4)12(9)20)11(15)17-7-16-8;1-13(2,3)21-12(20)17-8-5-4-7-9(18-11(8)19)10(14)16-6-15-7;1-2/h7,9H,5-6H2,1-4H3,(H,18,21);6,8H,4-5H2,1-3H3,(H,17,20)(H,18,19);1H3/t9-;8-;/m00./s1/i;;1D. The fourth-order valence-corrected chi connectivity index (χ4v) is 4.64. The van der Waals surface area contributed by atoms with Gasteiger partial charge in [-0.05, 0) is 67.2 Å². The second kappa shape index (κ2) is 15.9. The van der Waals surface area contributed by atoms with Crippen molar-refractivity contribution in [2.45, 2.75) is 90.5 Å². The summed E-state index contributed by atoms with van der Waals surface area (Å²) in [4.78, 5) is 65.6.